The lowest BCUT2D eigenvalue weighted by atomic mass is 9.89. The van der Waals surface area contributed by atoms with E-state index in [1.54, 1.807) is 15.7 Å². The lowest BCUT2D eigenvalue weighted by Crippen LogP contribution is -2.40. The summed E-state index contributed by atoms with van der Waals surface area (Å²) in [5.41, 5.74) is 1.19. The molecule has 11 heteroatoms. The standard InChI is InChI=1S/C13H17B2F3O5S/c1-2-22-12-8(5-14)3-10(4-9(12)6-15)23-11(13(16,17)18)7-24(19,20)21/h2-4,11H,1,5-7,14-15H2,(H,19,20,21). The molecule has 0 saturated carbocycles. The second kappa shape index (κ2) is 7.98. The van der Waals surface area contributed by atoms with Gasteiger partial charge in [-0.1, -0.05) is 19.2 Å². The fraction of sp³-hybridized carbons (Fsp3) is 0.385. The molecule has 0 aliphatic rings. The zero-order chi connectivity index (χ0) is 18.5. The summed E-state index contributed by atoms with van der Waals surface area (Å²) in [5, 5.41) is 0. The van der Waals surface area contributed by atoms with Gasteiger partial charge in [-0.25, -0.2) is 0 Å². The summed E-state index contributed by atoms with van der Waals surface area (Å²) in [6.07, 6.45) is -5.49. The van der Waals surface area contributed by atoms with Crippen LogP contribution in [0.15, 0.2) is 25.0 Å². The highest BCUT2D eigenvalue weighted by atomic mass is 32.2. The van der Waals surface area contributed by atoms with E-state index in [1.165, 1.54) is 18.4 Å². The van der Waals surface area contributed by atoms with Gasteiger partial charge in [-0.3, -0.25) is 4.55 Å². The summed E-state index contributed by atoms with van der Waals surface area (Å²) in [5.74, 6) is -1.24. The SMILES string of the molecule is BCc1cc(OC(CS(=O)(=O)O)C(F)(F)F)cc(CB)c1OC=C. The van der Waals surface area contributed by atoms with Crippen molar-refractivity contribution in [3.63, 3.8) is 0 Å². The summed E-state index contributed by atoms with van der Waals surface area (Å²) in [7, 11) is -1.29. The molecule has 1 N–H and O–H groups in total. The van der Waals surface area contributed by atoms with Crippen LogP contribution in [0.1, 0.15) is 11.1 Å². The Kier molecular flexibility index (Phi) is 6.79. The third-order valence-corrected chi connectivity index (χ3v) is 3.91. The van der Waals surface area contributed by atoms with Gasteiger partial charge < -0.3 is 9.47 Å². The van der Waals surface area contributed by atoms with Crippen LogP contribution in [0.5, 0.6) is 11.5 Å². The van der Waals surface area contributed by atoms with Gasteiger partial charge in [0.05, 0.1) is 6.26 Å². The molecule has 1 rings (SSSR count). The minimum atomic E-state index is -4.95. The third-order valence-electron chi connectivity index (χ3n) is 3.18. The van der Waals surface area contributed by atoms with Gasteiger partial charge in [0.2, 0.25) is 6.10 Å². The predicted octanol–water partition coefficient (Wildman–Crippen LogP) is 0.673. The average Bonchev–Trinajstić information content (AvgIpc) is 2.45. The lowest BCUT2D eigenvalue weighted by molar-refractivity contribution is -0.188. The van der Waals surface area contributed by atoms with Crippen molar-refractivity contribution in [1.29, 1.82) is 0 Å². The number of hydrogen-bond acceptors (Lipinski definition) is 4. The smallest absolute Gasteiger partial charge is 0.426 e. The maximum Gasteiger partial charge on any atom is 0.426 e. The van der Waals surface area contributed by atoms with Crippen LogP contribution in [0.3, 0.4) is 0 Å². The molecule has 132 valence electrons. The molecule has 0 heterocycles. The van der Waals surface area contributed by atoms with Crippen LogP contribution in [0.25, 0.3) is 0 Å². The van der Waals surface area contributed by atoms with Crippen LogP contribution in [0.2, 0.25) is 0 Å². The number of alkyl halides is 3. The monoisotopic (exact) mass is 364 g/mol. The highest BCUT2D eigenvalue weighted by molar-refractivity contribution is 7.85. The summed E-state index contributed by atoms with van der Waals surface area (Å²) in [6.45, 7) is 3.45. The first-order valence-corrected chi connectivity index (χ1v) is 8.74. The van der Waals surface area contributed by atoms with Crippen molar-refractivity contribution in [2.24, 2.45) is 0 Å². The van der Waals surface area contributed by atoms with Gasteiger partial charge >= 0.3 is 6.18 Å². The van der Waals surface area contributed by atoms with Gasteiger partial charge in [0.25, 0.3) is 10.1 Å². The zero-order valence-electron chi connectivity index (χ0n) is 13.3. The van der Waals surface area contributed by atoms with Crippen LogP contribution in [-0.2, 0) is 22.8 Å². The Labute approximate surface area is 140 Å². The van der Waals surface area contributed by atoms with Crippen LogP contribution in [-0.4, -0.2) is 46.7 Å². The van der Waals surface area contributed by atoms with Gasteiger partial charge in [-0.05, 0) is 23.3 Å². The Balaban J connectivity index is 3.26. The highest BCUT2D eigenvalue weighted by Gasteiger charge is 2.44. The number of halogens is 3. The van der Waals surface area contributed by atoms with Crippen LogP contribution < -0.4 is 9.47 Å². The number of hydrogen-bond donors (Lipinski definition) is 1. The van der Waals surface area contributed by atoms with Crippen molar-refractivity contribution in [2.75, 3.05) is 5.75 Å². The van der Waals surface area contributed by atoms with Crippen molar-refractivity contribution >= 4 is 25.8 Å². The fourth-order valence-corrected chi connectivity index (χ4v) is 2.74. The molecule has 1 atom stereocenters. The second-order valence-electron chi connectivity index (χ2n) is 4.96. The van der Waals surface area contributed by atoms with E-state index >= 15 is 0 Å². The normalized spacial score (nSPS) is 13.3. The zero-order valence-corrected chi connectivity index (χ0v) is 14.1. The fourth-order valence-electron chi connectivity index (χ4n) is 2.10. The summed E-state index contributed by atoms with van der Waals surface area (Å²) in [6, 6.07) is 2.70. The predicted molar refractivity (Wildman–Crippen MR) is 88.6 cm³/mol. The van der Waals surface area contributed by atoms with Crippen molar-refractivity contribution in [3.05, 3.63) is 36.1 Å². The Morgan fingerprint density at radius 3 is 2.08 bits per heavy atom. The van der Waals surface area contributed by atoms with Crippen LogP contribution >= 0.6 is 0 Å². The lowest BCUT2D eigenvalue weighted by Gasteiger charge is -2.22. The summed E-state index contributed by atoms with van der Waals surface area (Å²) >= 11 is 0. The largest absolute Gasteiger partial charge is 0.480 e. The summed E-state index contributed by atoms with van der Waals surface area (Å²) < 4.78 is 79.3. The maximum atomic E-state index is 13.0. The van der Waals surface area contributed by atoms with E-state index in [9.17, 15) is 21.6 Å². The van der Waals surface area contributed by atoms with Gasteiger partial charge in [-0.2, -0.15) is 21.6 Å². The van der Waals surface area contributed by atoms with E-state index in [0.717, 1.165) is 0 Å². The van der Waals surface area contributed by atoms with Gasteiger partial charge in [0.1, 0.15) is 32.9 Å². The minimum Gasteiger partial charge on any atom is -0.480 e. The van der Waals surface area contributed by atoms with Crippen molar-refractivity contribution < 1.29 is 35.6 Å². The van der Waals surface area contributed by atoms with Crippen molar-refractivity contribution in [2.45, 2.75) is 24.9 Å². The first-order valence-electron chi connectivity index (χ1n) is 7.13. The topological polar surface area (TPSA) is 72.8 Å². The van der Waals surface area contributed by atoms with E-state index in [0.29, 0.717) is 29.5 Å². The Hall–Kier alpha value is -1.61. The molecule has 24 heavy (non-hydrogen) atoms. The molecule has 0 fully saturated rings. The highest BCUT2D eigenvalue weighted by Crippen LogP contribution is 2.33. The van der Waals surface area contributed by atoms with Gasteiger partial charge in [0.15, 0.2) is 0 Å². The van der Waals surface area contributed by atoms with E-state index in [-0.39, 0.29) is 5.75 Å². The first-order chi connectivity index (χ1) is 11.0. The quantitative estimate of drug-likeness (QED) is 0.417. The Bertz CT molecular complexity index is 666. The molecule has 0 aromatic heterocycles. The molecule has 5 nitrogen and oxygen atoms in total. The minimum absolute atomic E-state index is 0.147. The number of ether oxygens (including phenoxy) is 2. The molecular weight excluding hydrogens is 347 g/mol. The van der Waals surface area contributed by atoms with Crippen molar-refractivity contribution in [1.82, 2.24) is 0 Å². The third kappa shape index (κ3) is 5.79. The molecule has 1 unspecified atom stereocenters. The Morgan fingerprint density at radius 1 is 1.25 bits per heavy atom. The van der Waals surface area contributed by atoms with Crippen molar-refractivity contribution in [3.8, 4) is 11.5 Å². The molecule has 0 aliphatic carbocycles. The molecule has 0 bridgehead atoms. The molecule has 0 spiro atoms. The van der Waals surface area contributed by atoms with Gasteiger partial charge in [-0.15, -0.1) is 0 Å². The van der Waals surface area contributed by atoms with E-state index in [1.807, 2.05) is 0 Å². The maximum absolute atomic E-state index is 13.0. The van der Waals surface area contributed by atoms with Gasteiger partial charge in [0, 0.05) is 0 Å². The van der Waals surface area contributed by atoms with Crippen LogP contribution in [0.4, 0.5) is 13.2 Å². The molecule has 0 radical (unpaired) electrons. The van der Waals surface area contributed by atoms with E-state index in [4.69, 9.17) is 14.0 Å². The average molecular weight is 364 g/mol. The number of benzene rings is 1. The molecule has 1 aromatic carbocycles. The second-order valence-corrected chi connectivity index (χ2v) is 6.46. The van der Waals surface area contributed by atoms with E-state index < -0.39 is 28.2 Å². The number of rotatable bonds is 8. The molecule has 0 aliphatic heterocycles. The molecule has 0 amide bonds. The molecule has 0 saturated heterocycles. The Morgan fingerprint density at radius 2 is 1.75 bits per heavy atom. The first kappa shape index (κ1) is 20.4. The van der Waals surface area contributed by atoms with Crippen LogP contribution in [0, 0.1) is 0 Å². The molecule has 1 aromatic rings. The summed E-state index contributed by atoms with van der Waals surface area (Å²) in [4.78, 5) is 0. The molecular formula is C13H17B2F3O5S. The van der Waals surface area contributed by atoms with E-state index in [2.05, 4.69) is 6.58 Å².